The first-order chi connectivity index (χ1) is 7.86. The molecule has 0 saturated carbocycles. The predicted molar refractivity (Wildman–Crippen MR) is 68.5 cm³/mol. The van der Waals surface area contributed by atoms with Gasteiger partial charge in [-0.1, -0.05) is 0 Å². The number of allylic oxidation sites excluding steroid dienone is 1. The first-order valence-electron chi connectivity index (χ1n) is 5.68. The van der Waals surface area contributed by atoms with Crippen molar-refractivity contribution in [3.63, 3.8) is 0 Å². The summed E-state index contributed by atoms with van der Waals surface area (Å²) in [5.41, 5.74) is 4.20. The summed E-state index contributed by atoms with van der Waals surface area (Å²) in [5.74, 6) is 0.456. The Bertz CT molecular complexity index is 540. The Labute approximate surface area is 105 Å². The molecule has 1 aliphatic carbocycles. The topological polar surface area (TPSA) is 0 Å². The van der Waals surface area contributed by atoms with Gasteiger partial charge in [-0.25, -0.2) is 0 Å². The molecule has 1 unspecified atom stereocenters. The van der Waals surface area contributed by atoms with Crippen molar-refractivity contribution in [2.45, 2.75) is 5.92 Å². The average molecular weight is 198 g/mol. The summed E-state index contributed by atoms with van der Waals surface area (Å²) < 4.78 is 1.44. The number of benzene rings is 2. The molecule has 1 aliphatic rings. The van der Waals surface area contributed by atoms with Crippen LogP contribution in [0.25, 0.3) is 6.08 Å². The Morgan fingerprint density at radius 1 is 0.812 bits per heavy atom. The van der Waals surface area contributed by atoms with E-state index in [-0.39, 0.29) is 0 Å². The minimum absolute atomic E-state index is 0.456. The van der Waals surface area contributed by atoms with Crippen LogP contribution in [0.2, 0.25) is 0 Å². The van der Waals surface area contributed by atoms with Gasteiger partial charge >= 0.3 is 105 Å². The van der Waals surface area contributed by atoms with Crippen LogP contribution in [0.1, 0.15) is 22.6 Å². The first-order valence-corrected chi connectivity index (χ1v) is 5.68. The molecule has 0 amide bonds. The van der Waals surface area contributed by atoms with Gasteiger partial charge in [0.25, 0.3) is 0 Å². The molecule has 3 rings (SSSR count). The maximum absolute atomic E-state index is 2.30. The second-order valence-electron chi connectivity index (χ2n) is 4.36. The molecule has 16 heavy (non-hydrogen) atoms. The van der Waals surface area contributed by atoms with Gasteiger partial charge in [0.1, 0.15) is 0 Å². The van der Waals surface area contributed by atoms with E-state index in [2.05, 4.69) is 78.4 Å². The van der Waals surface area contributed by atoms with Gasteiger partial charge in [-0.05, 0) is 0 Å². The fourth-order valence-corrected chi connectivity index (χ4v) is 2.57. The SMILES string of the molecule is [Li][C]1=Cc2ccccc2C1c1ccccc1. The van der Waals surface area contributed by atoms with E-state index in [4.69, 9.17) is 0 Å². The van der Waals surface area contributed by atoms with Crippen LogP contribution in [0.4, 0.5) is 0 Å². The third kappa shape index (κ3) is 1.55. The van der Waals surface area contributed by atoms with E-state index in [9.17, 15) is 0 Å². The zero-order valence-corrected chi connectivity index (χ0v) is 9.35. The normalized spacial score (nSPS) is 18.1. The van der Waals surface area contributed by atoms with Gasteiger partial charge in [0.2, 0.25) is 0 Å². The molecule has 72 valence electrons. The standard InChI is InChI=1S/C15H11.Li/c1-2-6-12(7-3-1)15-11-10-13-8-4-5-9-14(13)15;/h1-10,15H;. The number of fused-ring (bicyclic) bond motifs is 1. The molecule has 1 atom stereocenters. The molecule has 0 radical (unpaired) electrons. The van der Waals surface area contributed by atoms with Crippen LogP contribution < -0.4 is 0 Å². The van der Waals surface area contributed by atoms with Crippen molar-refractivity contribution in [3.05, 3.63) is 75.5 Å². The number of hydrogen-bond donors (Lipinski definition) is 0. The van der Waals surface area contributed by atoms with Crippen molar-refractivity contribution < 1.29 is 0 Å². The molecule has 0 N–H and O–H groups in total. The van der Waals surface area contributed by atoms with Crippen LogP contribution >= 0.6 is 0 Å². The second-order valence-corrected chi connectivity index (χ2v) is 4.36. The molecule has 0 spiro atoms. The van der Waals surface area contributed by atoms with E-state index < -0.39 is 0 Å². The molecule has 0 fully saturated rings. The van der Waals surface area contributed by atoms with Gasteiger partial charge in [0.15, 0.2) is 0 Å². The van der Waals surface area contributed by atoms with Crippen LogP contribution in [0.3, 0.4) is 0 Å². The quantitative estimate of drug-likeness (QED) is 0.616. The molecule has 0 aromatic heterocycles. The molecular weight excluding hydrogens is 187 g/mol. The molecule has 0 heterocycles. The summed E-state index contributed by atoms with van der Waals surface area (Å²) in [4.78, 5) is 0. The fourth-order valence-electron chi connectivity index (χ4n) is 2.57. The summed E-state index contributed by atoms with van der Waals surface area (Å²) in [7, 11) is 0. The van der Waals surface area contributed by atoms with Gasteiger partial charge in [-0.2, -0.15) is 0 Å². The first kappa shape index (κ1) is 9.97. The van der Waals surface area contributed by atoms with Gasteiger partial charge in [-0.3, -0.25) is 0 Å². The molecule has 2 aromatic rings. The zero-order chi connectivity index (χ0) is 11.0. The zero-order valence-electron chi connectivity index (χ0n) is 9.35. The third-order valence-electron chi connectivity index (χ3n) is 3.28. The van der Waals surface area contributed by atoms with Crippen LogP contribution in [-0.2, 0) is 0 Å². The maximum atomic E-state index is 2.30. The number of hydrogen-bond acceptors (Lipinski definition) is 0. The van der Waals surface area contributed by atoms with Crippen molar-refractivity contribution in [1.29, 1.82) is 0 Å². The summed E-state index contributed by atoms with van der Waals surface area (Å²) in [6.07, 6.45) is 2.30. The van der Waals surface area contributed by atoms with E-state index in [0.717, 1.165) is 0 Å². The van der Waals surface area contributed by atoms with E-state index in [1.54, 1.807) is 0 Å². The Balaban J connectivity index is 2.14. The summed E-state index contributed by atoms with van der Waals surface area (Å²) >= 11 is 2.22. The Hall–Kier alpha value is -1.22. The van der Waals surface area contributed by atoms with Gasteiger partial charge in [0.05, 0.1) is 0 Å². The van der Waals surface area contributed by atoms with E-state index >= 15 is 0 Å². The van der Waals surface area contributed by atoms with E-state index in [0.29, 0.717) is 5.92 Å². The van der Waals surface area contributed by atoms with E-state index in [1.807, 2.05) is 0 Å². The third-order valence-corrected chi connectivity index (χ3v) is 3.28. The summed E-state index contributed by atoms with van der Waals surface area (Å²) in [5, 5.41) is 0. The minimum atomic E-state index is 0.456. The summed E-state index contributed by atoms with van der Waals surface area (Å²) in [6.45, 7) is 0. The molecular formula is C15H11Li. The molecule has 0 nitrogen and oxygen atoms in total. The van der Waals surface area contributed by atoms with Crippen LogP contribution in [0.5, 0.6) is 0 Å². The van der Waals surface area contributed by atoms with Crippen molar-refractivity contribution in [3.8, 4) is 0 Å². The molecule has 2 aromatic carbocycles. The Morgan fingerprint density at radius 2 is 1.50 bits per heavy atom. The van der Waals surface area contributed by atoms with Gasteiger partial charge in [-0.15, -0.1) is 0 Å². The molecule has 0 bridgehead atoms. The van der Waals surface area contributed by atoms with Crippen LogP contribution in [0.15, 0.2) is 58.8 Å². The molecule has 0 aliphatic heterocycles. The van der Waals surface area contributed by atoms with E-state index in [1.165, 1.54) is 20.9 Å². The van der Waals surface area contributed by atoms with Crippen molar-refractivity contribution >= 4 is 23.8 Å². The Morgan fingerprint density at radius 3 is 2.31 bits per heavy atom. The van der Waals surface area contributed by atoms with Gasteiger partial charge in [0, 0.05) is 0 Å². The number of rotatable bonds is 1. The van der Waals surface area contributed by atoms with Crippen molar-refractivity contribution in [2.24, 2.45) is 0 Å². The van der Waals surface area contributed by atoms with Gasteiger partial charge < -0.3 is 0 Å². The fraction of sp³-hybridized carbons (Fsp3) is 0.0667. The second kappa shape index (κ2) is 3.98. The molecule has 1 heteroatoms. The molecule has 0 saturated heterocycles. The summed E-state index contributed by atoms with van der Waals surface area (Å²) in [6, 6.07) is 19.4. The van der Waals surface area contributed by atoms with Crippen LogP contribution in [0, 0.1) is 0 Å². The van der Waals surface area contributed by atoms with Crippen molar-refractivity contribution in [2.75, 3.05) is 0 Å². The Kier molecular flexibility index (Phi) is 2.48. The monoisotopic (exact) mass is 198 g/mol. The average Bonchev–Trinajstić information content (AvgIpc) is 2.66. The van der Waals surface area contributed by atoms with Crippen LogP contribution in [-0.4, -0.2) is 17.7 Å². The predicted octanol–water partition coefficient (Wildman–Crippen LogP) is 3.34. The van der Waals surface area contributed by atoms with Crippen molar-refractivity contribution in [1.82, 2.24) is 0 Å².